The van der Waals surface area contributed by atoms with Gasteiger partial charge in [-0.25, -0.2) is 8.42 Å². The SMILES string of the molecule is C[C@H]1CN([C@@H](C)CO)S(=O)(=O)c2ccc(-c3cccnc3)cc2O[C@H]1CN(C)Cc1cccnc1. The summed E-state index contributed by atoms with van der Waals surface area (Å²) in [6.45, 7) is 4.98. The highest BCUT2D eigenvalue weighted by molar-refractivity contribution is 7.89. The fourth-order valence-corrected chi connectivity index (χ4v) is 6.16. The second-order valence-electron chi connectivity index (χ2n) is 9.20. The summed E-state index contributed by atoms with van der Waals surface area (Å²) >= 11 is 0. The zero-order valence-corrected chi connectivity index (χ0v) is 21.1. The minimum Gasteiger partial charge on any atom is -0.487 e. The summed E-state index contributed by atoms with van der Waals surface area (Å²) in [6.07, 6.45) is 6.75. The molecule has 4 rings (SSSR count). The first-order valence-electron chi connectivity index (χ1n) is 11.7. The highest BCUT2D eigenvalue weighted by Gasteiger charge is 2.38. The van der Waals surface area contributed by atoms with Crippen LogP contribution in [0.4, 0.5) is 0 Å². The van der Waals surface area contributed by atoms with Crippen LogP contribution >= 0.6 is 0 Å². The third kappa shape index (κ3) is 5.70. The van der Waals surface area contributed by atoms with Gasteiger partial charge in [0.05, 0.1) is 6.61 Å². The van der Waals surface area contributed by atoms with Gasteiger partial charge < -0.3 is 9.84 Å². The molecule has 1 aliphatic heterocycles. The molecule has 3 heterocycles. The van der Waals surface area contributed by atoms with Gasteiger partial charge in [0.15, 0.2) is 0 Å². The number of aliphatic hydroxyl groups excluding tert-OH is 1. The van der Waals surface area contributed by atoms with Gasteiger partial charge in [-0.3, -0.25) is 14.9 Å². The van der Waals surface area contributed by atoms with Crippen LogP contribution in [0.3, 0.4) is 0 Å². The Morgan fingerprint density at radius 1 is 1.14 bits per heavy atom. The van der Waals surface area contributed by atoms with Gasteiger partial charge in [-0.1, -0.05) is 25.1 Å². The number of fused-ring (bicyclic) bond motifs is 1. The van der Waals surface area contributed by atoms with Gasteiger partial charge in [-0.2, -0.15) is 4.31 Å². The van der Waals surface area contributed by atoms with Crippen LogP contribution in [-0.2, 0) is 16.6 Å². The van der Waals surface area contributed by atoms with E-state index in [1.54, 1.807) is 43.7 Å². The minimum absolute atomic E-state index is 0.109. The number of benzene rings is 1. The Hall–Kier alpha value is -2.85. The third-order valence-electron chi connectivity index (χ3n) is 6.33. The number of aromatic nitrogens is 2. The smallest absolute Gasteiger partial charge is 0.247 e. The number of pyridine rings is 2. The Morgan fingerprint density at radius 3 is 2.54 bits per heavy atom. The summed E-state index contributed by atoms with van der Waals surface area (Å²) in [4.78, 5) is 10.6. The van der Waals surface area contributed by atoms with Crippen LogP contribution in [-0.4, -0.2) is 71.6 Å². The molecule has 0 amide bonds. The first-order chi connectivity index (χ1) is 16.8. The molecule has 2 aromatic heterocycles. The third-order valence-corrected chi connectivity index (χ3v) is 8.35. The molecular weight excluding hydrogens is 464 g/mol. The van der Waals surface area contributed by atoms with E-state index in [9.17, 15) is 13.5 Å². The molecule has 0 fully saturated rings. The fourth-order valence-electron chi connectivity index (χ4n) is 4.33. The van der Waals surface area contributed by atoms with E-state index in [2.05, 4.69) is 14.9 Å². The van der Waals surface area contributed by atoms with Crippen LogP contribution in [0.1, 0.15) is 19.4 Å². The van der Waals surface area contributed by atoms with Crippen LogP contribution in [0, 0.1) is 5.92 Å². The lowest BCUT2D eigenvalue weighted by Gasteiger charge is -2.37. The summed E-state index contributed by atoms with van der Waals surface area (Å²) < 4.78 is 35.2. The standard InChI is InChI=1S/C26H32N4O4S/c1-19-15-30(20(2)18-31)35(32,33)26-9-8-22(23-7-5-11-28-14-23)12-24(26)34-25(19)17-29(3)16-21-6-4-10-27-13-21/h4-14,19-20,25,31H,15-18H2,1-3H3/t19-,20-,25-/m0/s1. The highest BCUT2D eigenvalue weighted by atomic mass is 32.2. The van der Waals surface area contributed by atoms with E-state index in [1.165, 1.54) is 4.31 Å². The van der Waals surface area contributed by atoms with Crippen molar-refractivity contribution in [3.63, 3.8) is 0 Å². The van der Waals surface area contributed by atoms with E-state index in [0.29, 0.717) is 18.8 Å². The fraction of sp³-hybridized carbons (Fsp3) is 0.385. The molecule has 3 aromatic rings. The lowest BCUT2D eigenvalue weighted by molar-refractivity contribution is 0.0734. The first kappa shape index (κ1) is 25.2. The molecule has 9 heteroatoms. The van der Waals surface area contributed by atoms with Gasteiger partial charge >= 0.3 is 0 Å². The largest absolute Gasteiger partial charge is 0.487 e. The maximum absolute atomic E-state index is 13.6. The number of nitrogens with zero attached hydrogens (tertiary/aromatic N) is 4. The summed E-state index contributed by atoms with van der Waals surface area (Å²) in [5, 5.41) is 9.83. The van der Waals surface area contributed by atoms with E-state index in [-0.39, 0.29) is 30.1 Å². The van der Waals surface area contributed by atoms with Crippen LogP contribution in [0.15, 0.2) is 72.1 Å². The summed E-state index contributed by atoms with van der Waals surface area (Å²) in [5.74, 6) is 0.193. The highest BCUT2D eigenvalue weighted by Crippen LogP contribution is 2.36. The molecule has 1 aliphatic rings. The number of ether oxygens (including phenoxy) is 1. The molecule has 35 heavy (non-hydrogen) atoms. The zero-order chi connectivity index (χ0) is 25.0. The van der Waals surface area contributed by atoms with E-state index in [1.807, 2.05) is 44.4 Å². The van der Waals surface area contributed by atoms with E-state index in [0.717, 1.165) is 16.7 Å². The van der Waals surface area contributed by atoms with Crippen molar-refractivity contribution < 1.29 is 18.3 Å². The average molecular weight is 497 g/mol. The van der Waals surface area contributed by atoms with Gasteiger partial charge in [-0.15, -0.1) is 0 Å². The zero-order valence-electron chi connectivity index (χ0n) is 20.3. The van der Waals surface area contributed by atoms with Crippen molar-refractivity contribution in [2.75, 3.05) is 26.7 Å². The Morgan fingerprint density at radius 2 is 1.89 bits per heavy atom. The maximum atomic E-state index is 13.6. The molecule has 0 saturated heterocycles. The first-order valence-corrected chi connectivity index (χ1v) is 13.1. The quantitative estimate of drug-likeness (QED) is 0.537. The van der Waals surface area contributed by atoms with Gasteiger partial charge in [0.2, 0.25) is 10.0 Å². The van der Waals surface area contributed by atoms with Crippen molar-refractivity contribution >= 4 is 10.0 Å². The summed E-state index contributed by atoms with van der Waals surface area (Å²) in [5.41, 5.74) is 2.78. The number of hydrogen-bond donors (Lipinski definition) is 1. The van der Waals surface area contributed by atoms with Gasteiger partial charge in [0.1, 0.15) is 16.7 Å². The van der Waals surface area contributed by atoms with Gasteiger partial charge in [-0.05, 0) is 49.4 Å². The molecule has 0 saturated carbocycles. The molecule has 1 aromatic carbocycles. The van der Waals surface area contributed by atoms with E-state index < -0.39 is 16.1 Å². The Kier molecular flexibility index (Phi) is 7.81. The monoisotopic (exact) mass is 496 g/mol. The number of rotatable bonds is 7. The lowest BCUT2D eigenvalue weighted by atomic mass is 10.0. The number of sulfonamides is 1. The van der Waals surface area contributed by atoms with Gasteiger partial charge in [0.25, 0.3) is 0 Å². The van der Waals surface area contributed by atoms with Crippen molar-refractivity contribution in [2.45, 2.75) is 37.4 Å². The lowest BCUT2D eigenvalue weighted by Crippen LogP contribution is -2.49. The topological polar surface area (TPSA) is 95.9 Å². The maximum Gasteiger partial charge on any atom is 0.247 e. The Balaban J connectivity index is 1.72. The number of hydrogen-bond acceptors (Lipinski definition) is 7. The normalized spacial score (nSPS) is 20.9. The van der Waals surface area contributed by atoms with Crippen molar-refractivity contribution in [2.24, 2.45) is 5.92 Å². The van der Waals surface area contributed by atoms with Crippen molar-refractivity contribution in [3.05, 3.63) is 72.8 Å². The molecule has 0 bridgehead atoms. The van der Waals surface area contributed by atoms with Crippen LogP contribution in [0.25, 0.3) is 11.1 Å². The van der Waals surface area contributed by atoms with Crippen LogP contribution in [0.2, 0.25) is 0 Å². The average Bonchev–Trinajstić information content (AvgIpc) is 2.86. The molecule has 0 aliphatic carbocycles. The predicted molar refractivity (Wildman–Crippen MR) is 134 cm³/mol. The second-order valence-corrected chi connectivity index (χ2v) is 11.1. The number of likely N-dealkylation sites (N-methyl/N-ethyl adjacent to an activating group) is 1. The van der Waals surface area contributed by atoms with Crippen LogP contribution in [0.5, 0.6) is 5.75 Å². The Bertz CT molecular complexity index is 1220. The predicted octanol–water partition coefficient (Wildman–Crippen LogP) is 3.04. The number of aliphatic hydroxyl groups is 1. The molecule has 8 nitrogen and oxygen atoms in total. The summed E-state index contributed by atoms with van der Waals surface area (Å²) in [7, 11) is -1.86. The Labute approximate surface area is 207 Å². The van der Waals surface area contributed by atoms with Crippen molar-refractivity contribution in [1.29, 1.82) is 0 Å². The molecule has 186 valence electrons. The summed E-state index contributed by atoms with van der Waals surface area (Å²) in [6, 6.07) is 12.3. The van der Waals surface area contributed by atoms with Crippen molar-refractivity contribution in [1.82, 2.24) is 19.2 Å². The second kappa shape index (κ2) is 10.8. The van der Waals surface area contributed by atoms with Crippen molar-refractivity contribution in [3.8, 4) is 16.9 Å². The van der Waals surface area contributed by atoms with Gasteiger partial charge in [0, 0.05) is 61.9 Å². The minimum atomic E-state index is -3.88. The van der Waals surface area contributed by atoms with E-state index >= 15 is 0 Å². The molecule has 0 radical (unpaired) electrons. The molecule has 0 spiro atoms. The molecule has 1 N–H and O–H groups in total. The molecule has 0 unspecified atom stereocenters. The molecular formula is C26H32N4O4S. The van der Waals surface area contributed by atoms with E-state index in [4.69, 9.17) is 4.74 Å². The molecule has 3 atom stereocenters. The van der Waals surface area contributed by atoms with Crippen LogP contribution < -0.4 is 4.74 Å².